The second kappa shape index (κ2) is 4.78. The van der Waals surface area contributed by atoms with Crippen LogP contribution in [0.4, 0.5) is 10.1 Å². The summed E-state index contributed by atoms with van der Waals surface area (Å²) in [6.07, 6.45) is 6.78. The van der Waals surface area contributed by atoms with Gasteiger partial charge in [-0.2, -0.15) is 0 Å². The molecule has 0 heterocycles. The fourth-order valence-corrected chi connectivity index (χ4v) is 5.58. The van der Waals surface area contributed by atoms with E-state index in [-0.39, 0.29) is 5.82 Å². The molecule has 0 amide bonds. The Morgan fingerprint density at radius 2 is 1.40 bits per heavy atom. The molecule has 4 aliphatic carbocycles. The Kier molecular flexibility index (Phi) is 3.15. The number of anilines is 1. The molecule has 1 aromatic carbocycles. The molecule has 4 heteroatoms. The van der Waals surface area contributed by atoms with Gasteiger partial charge in [-0.1, -0.05) is 23.2 Å². The molecule has 0 spiro atoms. The third-order valence-electron chi connectivity index (χ3n) is 5.54. The molecule has 1 aromatic rings. The molecule has 0 aromatic heterocycles. The van der Waals surface area contributed by atoms with Crippen molar-refractivity contribution in [3.8, 4) is 0 Å². The average Bonchev–Trinajstić information content (AvgIpc) is 2.35. The Morgan fingerprint density at radius 3 is 1.90 bits per heavy atom. The molecule has 0 radical (unpaired) electrons. The molecule has 0 saturated heterocycles. The van der Waals surface area contributed by atoms with E-state index >= 15 is 0 Å². The third-order valence-corrected chi connectivity index (χ3v) is 6.14. The normalized spacial score (nSPS) is 38.2. The molecule has 4 bridgehead atoms. The Morgan fingerprint density at radius 1 is 0.900 bits per heavy atom. The molecule has 1 nitrogen and oxygen atoms in total. The van der Waals surface area contributed by atoms with E-state index in [0.717, 1.165) is 23.7 Å². The summed E-state index contributed by atoms with van der Waals surface area (Å²) in [6, 6.07) is 3.14. The summed E-state index contributed by atoms with van der Waals surface area (Å²) in [4.78, 5) is 0. The number of nitrogens with one attached hydrogen (secondary N) is 1. The monoisotopic (exact) mass is 313 g/mol. The lowest BCUT2D eigenvalue weighted by molar-refractivity contribution is 0.00754. The van der Waals surface area contributed by atoms with Crippen LogP contribution < -0.4 is 5.32 Å². The van der Waals surface area contributed by atoms with Crippen LogP contribution in [-0.4, -0.2) is 6.04 Å². The first-order valence-electron chi connectivity index (χ1n) is 7.51. The van der Waals surface area contributed by atoms with E-state index in [1.807, 2.05) is 0 Å². The van der Waals surface area contributed by atoms with Crippen molar-refractivity contribution in [2.45, 2.75) is 38.1 Å². The SMILES string of the molecule is Fc1cc(Cl)c(NC2C3CC4CC(C3)CC2C4)c(Cl)c1. The summed E-state index contributed by atoms with van der Waals surface area (Å²) in [6.45, 7) is 0. The summed E-state index contributed by atoms with van der Waals surface area (Å²) in [7, 11) is 0. The highest BCUT2D eigenvalue weighted by atomic mass is 35.5. The van der Waals surface area contributed by atoms with Crippen LogP contribution in [0.5, 0.6) is 0 Å². The number of halogens is 3. The van der Waals surface area contributed by atoms with Gasteiger partial charge in [-0.05, 0) is 67.9 Å². The second-order valence-electron chi connectivity index (χ2n) is 6.85. The first-order valence-corrected chi connectivity index (χ1v) is 8.27. The van der Waals surface area contributed by atoms with Gasteiger partial charge in [-0.15, -0.1) is 0 Å². The molecular formula is C16H18Cl2FN. The number of rotatable bonds is 2. The first-order chi connectivity index (χ1) is 9.60. The Hall–Kier alpha value is -0.470. The fourth-order valence-electron chi connectivity index (χ4n) is 5.01. The van der Waals surface area contributed by atoms with E-state index in [9.17, 15) is 4.39 Å². The maximum absolute atomic E-state index is 13.3. The number of hydrogen-bond acceptors (Lipinski definition) is 1. The van der Waals surface area contributed by atoms with Crippen molar-refractivity contribution in [1.29, 1.82) is 0 Å². The summed E-state index contributed by atoms with van der Waals surface area (Å²) in [5.41, 5.74) is 0.715. The van der Waals surface area contributed by atoms with Gasteiger partial charge in [0.15, 0.2) is 0 Å². The van der Waals surface area contributed by atoms with Gasteiger partial charge < -0.3 is 5.32 Å². The van der Waals surface area contributed by atoms with Crippen LogP contribution in [0.3, 0.4) is 0 Å². The Labute approximate surface area is 128 Å². The van der Waals surface area contributed by atoms with Crippen molar-refractivity contribution < 1.29 is 4.39 Å². The minimum absolute atomic E-state index is 0.379. The second-order valence-corrected chi connectivity index (χ2v) is 7.66. The van der Waals surface area contributed by atoms with E-state index in [1.165, 1.54) is 44.2 Å². The van der Waals surface area contributed by atoms with Gasteiger partial charge in [-0.25, -0.2) is 4.39 Å². The molecule has 4 aliphatic rings. The summed E-state index contributed by atoms with van der Waals surface area (Å²) in [5, 5.41) is 4.34. The predicted octanol–water partition coefficient (Wildman–Crippen LogP) is 5.37. The van der Waals surface area contributed by atoms with Crippen LogP contribution in [0, 0.1) is 29.5 Å². The lowest BCUT2D eigenvalue weighted by atomic mass is 9.54. The minimum atomic E-state index is -0.379. The van der Waals surface area contributed by atoms with Gasteiger partial charge in [0.1, 0.15) is 5.82 Å². The van der Waals surface area contributed by atoms with Crippen molar-refractivity contribution in [1.82, 2.24) is 0 Å². The Bertz CT molecular complexity index is 494. The highest BCUT2D eigenvalue weighted by Gasteiger charge is 2.48. The highest BCUT2D eigenvalue weighted by molar-refractivity contribution is 6.39. The lowest BCUT2D eigenvalue weighted by Crippen LogP contribution is -2.51. The van der Waals surface area contributed by atoms with Crippen molar-refractivity contribution >= 4 is 28.9 Å². The standard InChI is InChI=1S/C16H18Cl2FN/c17-13-6-12(19)7-14(18)16(13)20-15-10-2-8-1-9(4-10)5-11(15)3-8/h6-11,15,20H,1-5H2. The van der Waals surface area contributed by atoms with Crippen LogP contribution in [0.2, 0.25) is 10.0 Å². The predicted molar refractivity (Wildman–Crippen MR) is 80.9 cm³/mol. The van der Waals surface area contributed by atoms with Gasteiger partial charge >= 0.3 is 0 Å². The topological polar surface area (TPSA) is 12.0 Å². The van der Waals surface area contributed by atoms with Crippen LogP contribution in [0.15, 0.2) is 12.1 Å². The van der Waals surface area contributed by atoms with Gasteiger partial charge in [0.25, 0.3) is 0 Å². The fraction of sp³-hybridized carbons (Fsp3) is 0.625. The van der Waals surface area contributed by atoms with Crippen molar-refractivity contribution in [2.75, 3.05) is 5.32 Å². The Balaban J connectivity index is 1.61. The van der Waals surface area contributed by atoms with E-state index in [0.29, 0.717) is 21.8 Å². The maximum Gasteiger partial charge on any atom is 0.126 e. The zero-order chi connectivity index (χ0) is 13.9. The summed E-state index contributed by atoms with van der Waals surface area (Å²) >= 11 is 12.3. The van der Waals surface area contributed by atoms with Crippen molar-refractivity contribution in [3.05, 3.63) is 28.0 Å². The van der Waals surface area contributed by atoms with Gasteiger partial charge in [0, 0.05) is 6.04 Å². The van der Waals surface area contributed by atoms with Crippen LogP contribution >= 0.6 is 23.2 Å². The zero-order valence-electron chi connectivity index (χ0n) is 11.2. The first kappa shape index (κ1) is 13.2. The van der Waals surface area contributed by atoms with E-state index in [2.05, 4.69) is 5.32 Å². The van der Waals surface area contributed by atoms with Gasteiger partial charge in [0.2, 0.25) is 0 Å². The van der Waals surface area contributed by atoms with E-state index in [1.54, 1.807) is 0 Å². The smallest absolute Gasteiger partial charge is 0.126 e. The molecule has 108 valence electrons. The van der Waals surface area contributed by atoms with Gasteiger partial charge in [0.05, 0.1) is 15.7 Å². The van der Waals surface area contributed by atoms with Crippen LogP contribution in [0.1, 0.15) is 32.1 Å². The van der Waals surface area contributed by atoms with Crippen molar-refractivity contribution in [3.63, 3.8) is 0 Å². The molecule has 4 saturated carbocycles. The van der Waals surface area contributed by atoms with E-state index in [4.69, 9.17) is 23.2 Å². The quantitative estimate of drug-likeness (QED) is 0.774. The number of hydrogen-bond donors (Lipinski definition) is 1. The molecule has 4 fully saturated rings. The molecule has 1 N–H and O–H groups in total. The molecule has 0 aliphatic heterocycles. The lowest BCUT2D eigenvalue weighted by Gasteiger charge is -2.54. The number of benzene rings is 1. The molecular weight excluding hydrogens is 296 g/mol. The molecule has 5 rings (SSSR count). The van der Waals surface area contributed by atoms with Crippen molar-refractivity contribution in [2.24, 2.45) is 23.7 Å². The summed E-state index contributed by atoms with van der Waals surface area (Å²) < 4.78 is 13.3. The van der Waals surface area contributed by atoms with Gasteiger partial charge in [-0.3, -0.25) is 0 Å². The zero-order valence-corrected chi connectivity index (χ0v) is 12.7. The minimum Gasteiger partial charge on any atom is -0.379 e. The highest BCUT2D eigenvalue weighted by Crippen LogP contribution is 2.54. The maximum atomic E-state index is 13.3. The van der Waals surface area contributed by atoms with Crippen LogP contribution in [-0.2, 0) is 0 Å². The summed E-state index contributed by atoms with van der Waals surface area (Å²) in [5.74, 6) is 2.98. The molecule has 20 heavy (non-hydrogen) atoms. The van der Waals surface area contributed by atoms with E-state index < -0.39 is 0 Å². The molecule has 0 unspecified atom stereocenters. The largest absolute Gasteiger partial charge is 0.379 e. The van der Waals surface area contributed by atoms with Crippen LogP contribution in [0.25, 0.3) is 0 Å². The average molecular weight is 314 g/mol. The third kappa shape index (κ3) is 2.12. The molecule has 0 atom stereocenters.